The number of nitrogens with one attached hydrogen (secondary N) is 2. The topological polar surface area (TPSA) is 148 Å². The summed E-state index contributed by atoms with van der Waals surface area (Å²) in [5.41, 5.74) is 2.92. The van der Waals surface area contributed by atoms with Crippen molar-refractivity contribution in [2.24, 2.45) is 0 Å². The Kier molecular flexibility index (Phi) is 14.5. The lowest BCUT2D eigenvalue weighted by Crippen LogP contribution is -2.27. The van der Waals surface area contributed by atoms with Crippen molar-refractivity contribution in [3.05, 3.63) is 113 Å². The molecule has 0 aromatic heterocycles. The number of carbonyl (C=O) groups is 2. The second-order valence-corrected chi connectivity index (χ2v) is 9.19. The van der Waals surface area contributed by atoms with E-state index in [-0.39, 0.29) is 47.7 Å². The minimum Gasteiger partial charge on any atom is -0.508 e. The average Bonchev–Trinajstić information content (AvgIpc) is 3.02. The van der Waals surface area contributed by atoms with Crippen LogP contribution in [0.25, 0.3) is 0 Å². The highest BCUT2D eigenvalue weighted by Crippen LogP contribution is 2.23. The number of phenols is 4. The van der Waals surface area contributed by atoms with Crippen LogP contribution in [-0.2, 0) is 35.4 Å². The fourth-order valence-electron chi connectivity index (χ4n) is 3.83. The van der Waals surface area contributed by atoms with Crippen molar-refractivity contribution in [3.8, 4) is 28.7 Å². The van der Waals surface area contributed by atoms with Gasteiger partial charge in [-0.05, 0) is 66.1 Å². The summed E-state index contributed by atoms with van der Waals surface area (Å²) in [7, 11) is 1.60. The molecule has 0 atom stereocenters. The van der Waals surface area contributed by atoms with Crippen LogP contribution in [0.5, 0.6) is 28.7 Å². The minimum atomic E-state index is -0.230. The van der Waals surface area contributed by atoms with Gasteiger partial charge in [-0.15, -0.1) is 0 Å². The predicted molar refractivity (Wildman–Crippen MR) is 166 cm³/mol. The van der Waals surface area contributed by atoms with E-state index in [1.807, 2.05) is 68.4 Å². The molecule has 2 amide bonds. The van der Waals surface area contributed by atoms with Crippen LogP contribution in [0.1, 0.15) is 36.1 Å². The van der Waals surface area contributed by atoms with Gasteiger partial charge in [-0.2, -0.15) is 0 Å². The van der Waals surface area contributed by atoms with E-state index in [4.69, 9.17) is 4.74 Å². The molecule has 0 saturated heterocycles. The third kappa shape index (κ3) is 12.5. The zero-order valence-corrected chi connectivity index (χ0v) is 24.7. The molecule has 9 nitrogen and oxygen atoms in total. The molecule has 228 valence electrons. The van der Waals surface area contributed by atoms with Crippen LogP contribution < -0.4 is 15.4 Å². The molecule has 0 spiro atoms. The SMILES string of the molecule is CC.COc1ccc(CNC(=O)Cc2cc(O)ccc2O)cc1.O=C(Cc1cc(O)ccc1O)NCCc1ccccc1. The summed E-state index contributed by atoms with van der Waals surface area (Å²) in [6.45, 7) is 4.94. The van der Waals surface area contributed by atoms with Crippen LogP contribution in [0.3, 0.4) is 0 Å². The standard InChI is InChI=1S/C16H17NO4.C16H17NO3.C2H6/c1-21-14-5-2-11(3-6-14)10-17-16(20)9-12-8-13(18)4-7-15(12)19;18-14-6-7-15(19)13(10-14)11-16(20)17-9-8-12-4-2-1-3-5-12;1-2/h2-8,18-19H,9-10H2,1H3,(H,17,20);1-7,10,18-19H,8-9,11H2,(H,17,20);1-2H3. The number of aromatic hydroxyl groups is 4. The number of phenolic OH excluding ortho intramolecular Hbond substituents is 4. The van der Waals surface area contributed by atoms with E-state index >= 15 is 0 Å². The van der Waals surface area contributed by atoms with E-state index in [9.17, 15) is 30.0 Å². The van der Waals surface area contributed by atoms with Crippen molar-refractivity contribution >= 4 is 11.8 Å². The van der Waals surface area contributed by atoms with E-state index in [2.05, 4.69) is 10.6 Å². The molecule has 6 N–H and O–H groups in total. The van der Waals surface area contributed by atoms with Crippen molar-refractivity contribution in [1.82, 2.24) is 10.6 Å². The van der Waals surface area contributed by atoms with E-state index in [1.54, 1.807) is 7.11 Å². The fraction of sp³-hybridized carbons (Fsp3) is 0.235. The van der Waals surface area contributed by atoms with E-state index in [1.165, 1.54) is 36.4 Å². The van der Waals surface area contributed by atoms with Crippen molar-refractivity contribution in [2.45, 2.75) is 39.7 Å². The molecule has 0 heterocycles. The van der Waals surface area contributed by atoms with Gasteiger partial charge in [0.25, 0.3) is 0 Å². The molecule has 4 aromatic carbocycles. The molecule has 0 bridgehead atoms. The van der Waals surface area contributed by atoms with Crippen molar-refractivity contribution in [1.29, 1.82) is 0 Å². The summed E-state index contributed by atoms with van der Waals surface area (Å²) in [5.74, 6) is 0.414. The van der Waals surface area contributed by atoms with Crippen LogP contribution in [0.4, 0.5) is 0 Å². The van der Waals surface area contributed by atoms with Crippen molar-refractivity contribution in [2.75, 3.05) is 13.7 Å². The van der Waals surface area contributed by atoms with Crippen LogP contribution in [0.15, 0.2) is 91.0 Å². The third-order valence-electron chi connectivity index (χ3n) is 6.06. The first-order valence-electron chi connectivity index (χ1n) is 14.0. The number of benzene rings is 4. The van der Waals surface area contributed by atoms with Gasteiger partial charge in [0.1, 0.15) is 28.7 Å². The molecule has 0 unspecified atom stereocenters. The zero-order valence-electron chi connectivity index (χ0n) is 24.7. The van der Waals surface area contributed by atoms with Gasteiger partial charge in [-0.25, -0.2) is 0 Å². The van der Waals surface area contributed by atoms with Crippen LogP contribution in [0.2, 0.25) is 0 Å². The number of hydrogen-bond acceptors (Lipinski definition) is 7. The van der Waals surface area contributed by atoms with Gasteiger partial charge in [-0.3, -0.25) is 9.59 Å². The minimum absolute atomic E-state index is 0.00704. The summed E-state index contributed by atoms with van der Waals surface area (Å²) in [4.78, 5) is 23.6. The molecule has 0 fully saturated rings. The van der Waals surface area contributed by atoms with Crippen molar-refractivity contribution < 1.29 is 34.8 Å². The Hall–Kier alpha value is -5.18. The van der Waals surface area contributed by atoms with E-state index in [0.29, 0.717) is 24.2 Å². The number of hydrogen-bond donors (Lipinski definition) is 6. The maximum Gasteiger partial charge on any atom is 0.224 e. The first kappa shape index (κ1) is 34.0. The summed E-state index contributed by atoms with van der Waals surface area (Å²) in [5, 5.41) is 43.5. The smallest absolute Gasteiger partial charge is 0.224 e. The lowest BCUT2D eigenvalue weighted by molar-refractivity contribution is -0.121. The molecule has 0 radical (unpaired) electrons. The third-order valence-corrected chi connectivity index (χ3v) is 6.06. The van der Waals surface area contributed by atoms with Gasteiger partial charge < -0.3 is 35.8 Å². The number of rotatable bonds is 10. The Balaban J connectivity index is 0.000000284. The van der Waals surface area contributed by atoms with Gasteiger partial charge >= 0.3 is 0 Å². The van der Waals surface area contributed by atoms with Gasteiger partial charge in [0.15, 0.2) is 0 Å². The molecule has 43 heavy (non-hydrogen) atoms. The number of amides is 2. The average molecular weight is 589 g/mol. The van der Waals surface area contributed by atoms with Gasteiger partial charge in [0, 0.05) is 24.2 Å². The zero-order chi connectivity index (χ0) is 31.6. The summed E-state index contributed by atoms with van der Waals surface area (Å²) < 4.78 is 5.06. The normalized spacial score (nSPS) is 9.84. The molecule has 0 aliphatic heterocycles. The highest BCUT2D eigenvalue weighted by molar-refractivity contribution is 5.80. The Labute approximate surface area is 252 Å². The highest BCUT2D eigenvalue weighted by Gasteiger charge is 2.09. The Bertz CT molecular complexity index is 1420. The predicted octanol–water partition coefficient (Wildman–Crippen LogP) is 4.99. The van der Waals surface area contributed by atoms with Gasteiger partial charge in [0.05, 0.1) is 20.0 Å². The van der Waals surface area contributed by atoms with Crippen LogP contribution in [0, 0.1) is 0 Å². The maximum atomic E-state index is 11.8. The number of ether oxygens (including phenoxy) is 1. The van der Waals surface area contributed by atoms with E-state index < -0.39 is 0 Å². The van der Waals surface area contributed by atoms with E-state index in [0.717, 1.165) is 23.3 Å². The molecule has 0 saturated carbocycles. The largest absolute Gasteiger partial charge is 0.508 e. The molecule has 4 aromatic rings. The van der Waals surface area contributed by atoms with Crippen LogP contribution in [-0.4, -0.2) is 45.9 Å². The molecule has 4 rings (SSSR count). The lowest BCUT2D eigenvalue weighted by Gasteiger charge is -2.08. The van der Waals surface area contributed by atoms with Gasteiger partial charge in [-0.1, -0.05) is 56.3 Å². The number of methoxy groups -OCH3 is 1. The van der Waals surface area contributed by atoms with Crippen molar-refractivity contribution in [3.63, 3.8) is 0 Å². The van der Waals surface area contributed by atoms with Crippen LogP contribution >= 0.6 is 0 Å². The molecule has 9 heteroatoms. The van der Waals surface area contributed by atoms with Gasteiger partial charge in [0.2, 0.25) is 11.8 Å². The molecular formula is C34H40N2O7. The highest BCUT2D eigenvalue weighted by atomic mass is 16.5. The second-order valence-electron chi connectivity index (χ2n) is 9.19. The monoisotopic (exact) mass is 588 g/mol. The number of carbonyl (C=O) groups excluding carboxylic acids is 2. The first-order chi connectivity index (χ1) is 20.7. The Morgan fingerprint density at radius 3 is 1.67 bits per heavy atom. The summed E-state index contributed by atoms with van der Waals surface area (Å²) in [6.07, 6.45) is 0.823. The Morgan fingerprint density at radius 1 is 0.651 bits per heavy atom. The molecule has 0 aliphatic carbocycles. The maximum absolute atomic E-state index is 11.8. The molecule has 0 aliphatic rings. The second kappa shape index (κ2) is 18.3. The first-order valence-corrected chi connectivity index (χ1v) is 14.0. The summed E-state index contributed by atoms with van der Waals surface area (Å²) >= 11 is 0. The summed E-state index contributed by atoms with van der Waals surface area (Å²) in [6, 6.07) is 25.5. The Morgan fingerprint density at radius 2 is 1.16 bits per heavy atom. The molecular weight excluding hydrogens is 548 g/mol. The lowest BCUT2D eigenvalue weighted by atomic mass is 10.1. The fourth-order valence-corrected chi connectivity index (χ4v) is 3.83. The quantitative estimate of drug-likeness (QED) is 0.143.